The molecule has 0 spiro atoms. The molecule has 1 saturated carbocycles. The predicted octanol–water partition coefficient (Wildman–Crippen LogP) is 4.57. The van der Waals surface area contributed by atoms with Gasteiger partial charge in [0.1, 0.15) is 5.82 Å². The molecular weight excluding hydrogens is 592 g/mol. The third kappa shape index (κ3) is 7.48. The Labute approximate surface area is 269 Å². The fraction of sp³-hybridized carbons (Fsp3) is 0.514. The highest BCUT2D eigenvalue weighted by Gasteiger charge is 2.43. The highest BCUT2D eigenvalue weighted by molar-refractivity contribution is 5.76. The first-order chi connectivity index (χ1) is 22.4. The van der Waals surface area contributed by atoms with Crippen LogP contribution in [0.25, 0.3) is 0 Å². The second-order valence-corrected chi connectivity index (χ2v) is 12.4. The Morgan fingerprint density at radius 3 is 2.20 bits per heavy atom. The summed E-state index contributed by atoms with van der Waals surface area (Å²) in [6, 6.07) is 21.2. The molecule has 3 heterocycles. The van der Waals surface area contributed by atoms with Crippen molar-refractivity contribution in [1.29, 1.82) is 0 Å². The first-order valence-electron chi connectivity index (χ1n) is 16.2. The van der Waals surface area contributed by atoms with E-state index in [0.717, 1.165) is 19.4 Å². The van der Waals surface area contributed by atoms with Gasteiger partial charge in [-0.1, -0.05) is 60.7 Å². The molecule has 3 fully saturated rings. The van der Waals surface area contributed by atoms with E-state index >= 15 is 0 Å². The van der Waals surface area contributed by atoms with Gasteiger partial charge in [-0.05, 0) is 24.0 Å². The standard InChI is InChI=1S/C35H43F2N5O4/c1-44-18-15-31(43)41-16-17-42-27(20-41)19-40(22-29(42)32(24-9-5-3-6-10-24)25-11-7-4-8-12-25)21-28-34(45-2)38-33(26-13-14-26)39-35(28)46-23-30(36)37/h3-12,26-27,29-30,32H,13-23H2,1-2H3/t27-,29?/m1/s1. The van der Waals surface area contributed by atoms with Crippen LogP contribution >= 0.6 is 0 Å². The summed E-state index contributed by atoms with van der Waals surface area (Å²) in [6.07, 6.45) is -0.364. The van der Waals surface area contributed by atoms with Crippen molar-refractivity contribution in [2.45, 2.75) is 56.2 Å². The normalized spacial score (nSPS) is 20.6. The van der Waals surface area contributed by atoms with Crippen LogP contribution < -0.4 is 9.47 Å². The Bertz CT molecular complexity index is 1410. The zero-order valence-electron chi connectivity index (χ0n) is 26.6. The van der Waals surface area contributed by atoms with E-state index in [-0.39, 0.29) is 35.7 Å². The van der Waals surface area contributed by atoms with Gasteiger partial charge in [-0.3, -0.25) is 14.6 Å². The Balaban J connectivity index is 1.36. The Morgan fingerprint density at radius 1 is 0.913 bits per heavy atom. The number of alkyl halides is 2. The summed E-state index contributed by atoms with van der Waals surface area (Å²) in [5.74, 6) is 1.46. The molecule has 0 N–H and O–H groups in total. The van der Waals surface area contributed by atoms with Gasteiger partial charge in [-0.15, -0.1) is 0 Å². The SMILES string of the molecule is COCCC(=O)N1CCN2C(C(c3ccccc3)c3ccccc3)CN(Cc3c(OC)nc(C4CC4)nc3OCC(F)F)C[C@@H]2C1. The molecule has 9 nitrogen and oxygen atoms in total. The summed E-state index contributed by atoms with van der Waals surface area (Å²) in [5.41, 5.74) is 3.00. The van der Waals surface area contributed by atoms with E-state index in [1.54, 1.807) is 14.2 Å². The Kier molecular flexibility index (Phi) is 10.4. The zero-order chi connectivity index (χ0) is 32.0. The number of aromatic nitrogens is 2. The van der Waals surface area contributed by atoms with Crippen LogP contribution in [0.2, 0.25) is 0 Å². The van der Waals surface area contributed by atoms with Crippen LogP contribution in [0, 0.1) is 0 Å². The Morgan fingerprint density at radius 2 is 1.59 bits per heavy atom. The van der Waals surface area contributed by atoms with Gasteiger partial charge in [-0.25, -0.2) is 8.78 Å². The second kappa shape index (κ2) is 14.8. The lowest BCUT2D eigenvalue weighted by molar-refractivity contribution is -0.137. The molecular formula is C35H43F2N5O4. The highest BCUT2D eigenvalue weighted by Crippen LogP contribution is 2.41. The molecule has 2 aromatic carbocycles. The van der Waals surface area contributed by atoms with E-state index in [4.69, 9.17) is 19.2 Å². The van der Waals surface area contributed by atoms with Crippen molar-refractivity contribution >= 4 is 5.91 Å². The number of piperazine rings is 2. The lowest BCUT2D eigenvalue weighted by Gasteiger charge is -2.53. The van der Waals surface area contributed by atoms with Crippen molar-refractivity contribution in [3.05, 3.63) is 83.2 Å². The minimum atomic E-state index is -2.63. The van der Waals surface area contributed by atoms with Crippen molar-refractivity contribution in [1.82, 2.24) is 24.7 Å². The summed E-state index contributed by atoms with van der Waals surface area (Å²) in [6.45, 7) is 3.37. The van der Waals surface area contributed by atoms with Crippen molar-refractivity contribution < 1.29 is 27.8 Å². The predicted molar refractivity (Wildman–Crippen MR) is 169 cm³/mol. The van der Waals surface area contributed by atoms with Gasteiger partial charge >= 0.3 is 0 Å². The minimum absolute atomic E-state index is 0.0528. The smallest absolute Gasteiger partial charge is 0.272 e. The fourth-order valence-corrected chi connectivity index (χ4v) is 6.94. The first kappa shape index (κ1) is 32.3. The van der Waals surface area contributed by atoms with Crippen LogP contribution in [-0.4, -0.2) is 109 Å². The van der Waals surface area contributed by atoms with E-state index in [0.29, 0.717) is 63.0 Å². The molecule has 1 amide bonds. The van der Waals surface area contributed by atoms with Crippen LogP contribution in [-0.2, 0) is 16.1 Å². The number of carbonyl (C=O) groups excluding carboxylic acids is 1. The maximum absolute atomic E-state index is 13.3. The molecule has 46 heavy (non-hydrogen) atoms. The van der Waals surface area contributed by atoms with Gasteiger partial charge in [0.2, 0.25) is 17.7 Å². The lowest BCUT2D eigenvalue weighted by atomic mass is 9.81. The molecule has 2 aliphatic heterocycles. The topological polar surface area (TPSA) is 80.3 Å². The number of nitrogens with zero attached hydrogens (tertiary/aromatic N) is 5. The number of rotatable bonds is 13. The number of amides is 1. The number of fused-ring (bicyclic) bond motifs is 1. The third-order valence-electron chi connectivity index (χ3n) is 9.26. The number of methoxy groups -OCH3 is 2. The number of hydrogen-bond acceptors (Lipinski definition) is 8. The lowest BCUT2D eigenvalue weighted by Crippen LogP contribution is -2.67. The molecule has 3 aromatic rings. The van der Waals surface area contributed by atoms with Crippen molar-refractivity contribution in [3.8, 4) is 11.8 Å². The van der Waals surface area contributed by atoms with Crippen LogP contribution in [0.5, 0.6) is 11.8 Å². The monoisotopic (exact) mass is 635 g/mol. The first-order valence-corrected chi connectivity index (χ1v) is 16.2. The molecule has 0 radical (unpaired) electrons. The largest absolute Gasteiger partial charge is 0.481 e. The molecule has 1 aromatic heterocycles. The number of halogens is 2. The molecule has 1 aliphatic carbocycles. The molecule has 11 heteroatoms. The number of ether oxygens (including phenoxy) is 3. The molecule has 0 bridgehead atoms. The van der Waals surface area contributed by atoms with Crippen LogP contribution in [0.3, 0.4) is 0 Å². The summed E-state index contributed by atoms with van der Waals surface area (Å²) >= 11 is 0. The zero-order valence-corrected chi connectivity index (χ0v) is 26.6. The second-order valence-electron chi connectivity index (χ2n) is 12.4. The number of benzene rings is 2. The maximum atomic E-state index is 13.3. The summed E-state index contributed by atoms with van der Waals surface area (Å²) in [4.78, 5) is 29.3. The third-order valence-corrected chi connectivity index (χ3v) is 9.26. The molecule has 2 saturated heterocycles. The fourth-order valence-electron chi connectivity index (χ4n) is 6.94. The van der Waals surface area contributed by atoms with Crippen molar-refractivity contribution in [2.24, 2.45) is 0 Å². The average Bonchev–Trinajstić information content (AvgIpc) is 3.93. The van der Waals surface area contributed by atoms with Crippen molar-refractivity contribution in [3.63, 3.8) is 0 Å². The quantitative estimate of drug-likeness (QED) is 0.270. The van der Waals surface area contributed by atoms with Gasteiger partial charge in [0, 0.05) is 70.3 Å². The van der Waals surface area contributed by atoms with Gasteiger partial charge in [0.15, 0.2) is 6.61 Å². The molecule has 246 valence electrons. The van der Waals surface area contributed by atoms with Gasteiger partial charge in [0.05, 0.1) is 25.7 Å². The summed E-state index contributed by atoms with van der Waals surface area (Å²) in [7, 11) is 3.15. The summed E-state index contributed by atoms with van der Waals surface area (Å²) < 4.78 is 43.2. The van der Waals surface area contributed by atoms with E-state index in [1.807, 2.05) is 17.0 Å². The molecule has 3 aliphatic rings. The van der Waals surface area contributed by atoms with Crippen LogP contribution in [0.1, 0.15) is 53.6 Å². The van der Waals surface area contributed by atoms with Crippen LogP contribution in [0.15, 0.2) is 60.7 Å². The van der Waals surface area contributed by atoms with E-state index in [9.17, 15) is 13.6 Å². The Hall–Kier alpha value is -3.67. The van der Waals surface area contributed by atoms with E-state index in [2.05, 4.69) is 63.3 Å². The molecule has 1 unspecified atom stereocenters. The summed E-state index contributed by atoms with van der Waals surface area (Å²) in [5, 5.41) is 0. The van der Waals surface area contributed by atoms with Crippen molar-refractivity contribution in [2.75, 3.05) is 60.2 Å². The van der Waals surface area contributed by atoms with Gasteiger partial charge < -0.3 is 19.1 Å². The molecule has 2 atom stereocenters. The van der Waals surface area contributed by atoms with Gasteiger partial charge in [0.25, 0.3) is 6.43 Å². The van der Waals surface area contributed by atoms with Gasteiger partial charge in [-0.2, -0.15) is 9.97 Å². The molecule has 6 rings (SSSR count). The minimum Gasteiger partial charge on any atom is -0.481 e. The maximum Gasteiger partial charge on any atom is 0.272 e. The highest BCUT2D eigenvalue weighted by atomic mass is 19.3. The van der Waals surface area contributed by atoms with E-state index in [1.165, 1.54) is 11.1 Å². The van der Waals surface area contributed by atoms with E-state index < -0.39 is 13.0 Å². The number of carbonyl (C=O) groups is 1. The average molecular weight is 636 g/mol. The number of hydrogen-bond donors (Lipinski definition) is 0. The van der Waals surface area contributed by atoms with Crippen LogP contribution in [0.4, 0.5) is 8.78 Å².